The Bertz CT molecular complexity index is 1200. The van der Waals surface area contributed by atoms with Gasteiger partial charge in [0, 0.05) is 23.5 Å². The van der Waals surface area contributed by atoms with Crippen molar-refractivity contribution in [1.82, 2.24) is 9.29 Å². The molecule has 1 aliphatic heterocycles. The van der Waals surface area contributed by atoms with Crippen molar-refractivity contribution in [3.8, 4) is 6.07 Å². The van der Waals surface area contributed by atoms with Crippen LogP contribution in [0.1, 0.15) is 40.7 Å². The van der Waals surface area contributed by atoms with Crippen LogP contribution in [0.25, 0.3) is 0 Å². The fourth-order valence-electron chi connectivity index (χ4n) is 3.57. The van der Waals surface area contributed by atoms with Crippen molar-refractivity contribution >= 4 is 21.6 Å². The lowest BCUT2D eigenvalue weighted by Gasteiger charge is -2.17. The van der Waals surface area contributed by atoms with Crippen molar-refractivity contribution in [1.29, 1.82) is 5.26 Å². The summed E-state index contributed by atoms with van der Waals surface area (Å²) in [6, 6.07) is 2.70. The second-order valence-electron chi connectivity index (χ2n) is 7.15. The second kappa shape index (κ2) is 7.97. The van der Waals surface area contributed by atoms with E-state index in [4.69, 9.17) is 5.26 Å². The molecule has 2 heterocycles. The van der Waals surface area contributed by atoms with Gasteiger partial charge in [0.15, 0.2) is 0 Å². The van der Waals surface area contributed by atoms with Gasteiger partial charge in [0.25, 0.3) is 5.91 Å². The highest BCUT2D eigenvalue weighted by atomic mass is 32.2. The Morgan fingerprint density at radius 3 is 2.61 bits per heavy atom. The lowest BCUT2D eigenvalue weighted by molar-refractivity contribution is -0.147. The molecule has 2 N–H and O–H groups in total. The Hall–Kier alpha value is -2.91. The first kappa shape index (κ1) is 22.8. The molecule has 0 saturated carbocycles. The van der Waals surface area contributed by atoms with E-state index in [0.29, 0.717) is 19.9 Å². The summed E-state index contributed by atoms with van der Waals surface area (Å²) in [6.07, 6.45) is -3.98. The molecule has 3 rings (SSSR count). The molecule has 0 aliphatic carbocycles. The standard InChI is InChI=1S/C19H18F4N4O3S/c1-10-16(18(28)25-13-5-6-14(20)12(8-13)9-24)27-7-3-4-15(27)17(10)31(29,30)26-11(2)19(21,22)23/h5-6,8,11,26H,3-4,7H2,1-2H3,(H,25,28). The van der Waals surface area contributed by atoms with Gasteiger partial charge in [-0.1, -0.05) is 0 Å². The maximum absolute atomic E-state index is 13.5. The molecule has 7 nitrogen and oxygen atoms in total. The van der Waals surface area contributed by atoms with E-state index in [-0.39, 0.29) is 39.5 Å². The zero-order valence-corrected chi connectivity index (χ0v) is 17.3. The van der Waals surface area contributed by atoms with Gasteiger partial charge in [0.2, 0.25) is 10.0 Å². The van der Waals surface area contributed by atoms with E-state index in [1.165, 1.54) is 17.6 Å². The largest absolute Gasteiger partial charge is 0.404 e. The minimum Gasteiger partial charge on any atom is -0.339 e. The lowest BCUT2D eigenvalue weighted by Crippen LogP contribution is -2.43. The molecule has 0 saturated heterocycles. The summed E-state index contributed by atoms with van der Waals surface area (Å²) in [5.74, 6) is -1.49. The highest BCUT2D eigenvalue weighted by Crippen LogP contribution is 2.33. The molecule has 1 atom stereocenters. The third-order valence-electron chi connectivity index (χ3n) is 5.00. The average Bonchev–Trinajstić information content (AvgIpc) is 3.21. The number of amides is 1. The monoisotopic (exact) mass is 458 g/mol. The fourth-order valence-corrected chi connectivity index (χ4v) is 5.31. The van der Waals surface area contributed by atoms with Crippen LogP contribution in [0.2, 0.25) is 0 Å². The van der Waals surface area contributed by atoms with Crippen molar-refractivity contribution in [2.75, 3.05) is 5.32 Å². The summed E-state index contributed by atoms with van der Waals surface area (Å²) in [4.78, 5) is 12.6. The van der Waals surface area contributed by atoms with Gasteiger partial charge in [-0.3, -0.25) is 4.79 Å². The smallest absolute Gasteiger partial charge is 0.339 e. The second-order valence-corrected chi connectivity index (χ2v) is 8.80. The quantitative estimate of drug-likeness (QED) is 0.672. The van der Waals surface area contributed by atoms with Crippen LogP contribution < -0.4 is 10.0 Å². The summed E-state index contributed by atoms with van der Waals surface area (Å²) in [7, 11) is -4.56. The first-order valence-electron chi connectivity index (χ1n) is 9.18. The van der Waals surface area contributed by atoms with Gasteiger partial charge in [-0.05, 0) is 44.9 Å². The van der Waals surface area contributed by atoms with Crippen molar-refractivity contribution in [3.63, 3.8) is 0 Å². The normalized spacial score (nSPS) is 14.7. The predicted octanol–water partition coefficient (Wildman–Crippen LogP) is 3.23. The third kappa shape index (κ3) is 4.28. The van der Waals surface area contributed by atoms with Crippen molar-refractivity contribution in [2.24, 2.45) is 0 Å². The Labute approximate surface area is 175 Å². The van der Waals surface area contributed by atoms with E-state index in [2.05, 4.69) is 5.32 Å². The van der Waals surface area contributed by atoms with Crippen LogP contribution >= 0.6 is 0 Å². The van der Waals surface area contributed by atoms with Crippen LogP contribution in [0.5, 0.6) is 0 Å². The van der Waals surface area contributed by atoms with Gasteiger partial charge in [0.05, 0.1) is 5.56 Å². The van der Waals surface area contributed by atoms with Crippen LogP contribution in [0.15, 0.2) is 23.1 Å². The molecule has 0 fully saturated rings. The Morgan fingerprint density at radius 1 is 1.32 bits per heavy atom. The van der Waals surface area contributed by atoms with Gasteiger partial charge in [-0.15, -0.1) is 0 Å². The minimum atomic E-state index is -4.77. The average molecular weight is 458 g/mol. The van der Waals surface area contributed by atoms with Crippen molar-refractivity contribution < 1.29 is 30.8 Å². The van der Waals surface area contributed by atoms with Gasteiger partial charge >= 0.3 is 6.18 Å². The number of nitriles is 1. The summed E-state index contributed by atoms with van der Waals surface area (Å²) in [5, 5.41) is 11.4. The molecular formula is C19H18F4N4O3S. The van der Waals surface area contributed by atoms with Crippen LogP contribution in [0.3, 0.4) is 0 Å². The number of hydrogen-bond donors (Lipinski definition) is 2. The van der Waals surface area contributed by atoms with Gasteiger partial charge in [0.1, 0.15) is 28.5 Å². The Balaban J connectivity index is 2.00. The molecule has 0 spiro atoms. The Kier molecular flexibility index (Phi) is 5.86. The number of halogens is 4. The van der Waals surface area contributed by atoms with Gasteiger partial charge < -0.3 is 9.88 Å². The highest BCUT2D eigenvalue weighted by Gasteiger charge is 2.41. The van der Waals surface area contributed by atoms with Gasteiger partial charge in [-0.2, -0.15) is 23.2 Å². The fraction of sp³-hybridized carbons (Fsp3) is 0.368. The minimum absolute atomic E-state index is 0.0108. The number of alkyl halides is 3. The molecule has 12 heteroatoms. The van der Waals surface area contributed by atoms with Crippen molar-refractivity contribution in [3.05, 3.63) is 46.5 Å². The molecular weight excluding hydrogens is 440 g/mol. The number of benzene rings is 1. The first-order chi connectivity index (χ1) is 14.4. The summed E-state index contributed by atoms with van der Waals surface area (Å²) >= 11 is 0. The summed E-state index contributed by atoms with van der Waals surface area (Å²) in [6.45, 7) is 2.35. The van der Waals surface area contributed by atoms with E-state index < -0.39 is 34.0 Å². The number of anilines is 1. The first-order valence-corrected chi connectivity index (χ1v) is 10.7. The van der Waals surface area contributed by atoms with E-state index in [1.54, 1.807) is 10.8 Å². The molecule has 1 aromatic carbocycles. The van der Waals surface area contributed by atoms with Crippen LogP contribution in [0.4, 0.5) is 23.2 Å². The van der Waals surface area contributed by atoms with Crippen LogP contribution in [-0.2, 0) is 23.0 Å². The van der Waals surface area contributed by atoms with E-state index in [1.807, 2.05) is 0 Å². The number of hydrogen-bond acceptors (Lipinski definition) is 4. The molecule has 31 heavy (non-hydrogen) atoms. The van der Waals surface area contributed by atoms with Crippen molar-refractivity contribution in [2.45, 2.75) is 50.3 Å². The molecule has 0 radical (unpaired) electrons. The third-order valence-corrected chi connectivity index (χ3v) is 6.74. The SMILES string of the molecule is Cc1c(S(=O)(=O)NC(C)C(F)(F)F)c2n(c1C(=O)Nc1ccc(F)c(C#N)c1)CCC2. The predicted molar refractivity (Wildman–Crippen MR) is 102 cm³/mol. The molecule has 1 aromatic heterocycles. The zero-order chi connectivity index (χ0) is 23.1. The Morgan fingerprint density at radius 2 is 2.00 bits per heavy atom. The van der Waals surface area contributed by atoms with Gasteiger partial charge in [-0.25, -0.2) is 12.8 Å². The van der Waals surface area contributed by atoms with Crippen LogP contribution in [0, 0.1) is 24.1 Å². The van der Waals surface area contributed by atoms with E-state index >= 15 is 0 Å². The molecule has 1 amide bonds. The maximum atomic E-state index is 13.5. The van der Waals surface area contributed by atoms with E-state index in [0.717, 1.165) is 12.1 Å². The molecule has 2 aromatic rings. The number of rotatable bonds is 5. The highest BCUT2D eigenvalue weighted by molar-refractivity contribution is 7.89. The number of fused-ring (bicyclic) bond motifs is 1. The number of carbonyl (C=O) groups excluding carboxylic acids is 1. The topological polar surface area (TPSA) is 104 Å². The molecule has 1 unspecified atom stereocenters. The molecule has 166 valence electrons. The summed E-state index contributed by atoms with van der Waals surface area (Å²) in [5.41, 5.74) is 0.0704. The molecule has 0 bridgehead atoms. The maximum Gasteiger partial charge on any atom is 0.404 e. The number of sulfonamides is 1. The van der Waals surface area contributed by atoms with E-state index in [9.17, 15) is 30.8 Å². The number of carbonyl (C=O) groups is 1. The molecule has 1 aliphatic rings. The van der Waals surface area contributed by atoms with Crippen LogP contribution in [-0.4, -0.2) is 31.1 Å². The summed E-state index contributed by atoms with van der Waals surface area (Å²) < 4.78 is 80.8. The number of aromatic nitrogens is 1. The lowest BCUT2D eigenvalue weighted by atomic mass is 10.2. The number of nitrogens with zero attached hydrogens (tertiary/aromatic N) is 2. The number of nitrogens with one attached hydrogen (secondary N) is 2. The zero-order valence-electron chi connectivity index (χ0n) is 16.5.